The van der Waals surface area contributed by atoms with Crippen LogP contribution in [-0.2, 0) is 17.9 Å². The van der Waals surface area contributed by atoms with Gasteiger partial charge in [-0.15, -0.1) is 0 Å². The van der Waals surface area contributed by atoms with Gasteiger partial charge in [-0.1, -0.05) is 42.5 Å². The molecule has 0 aliphatic carbocycles. The fourth-order valence-electron chi connectivity index (χ4n) is 4.12. The highest BCUT2D eigenvalue weighted by molar-refractivity contribution is 5.80. The second kappa shape index (κ2) is 8.61. The van der Waals surface area contributed by atoms with E-state index < -0.39 is 0 Å². The first-order valence-corrected chi connectivity index (χ1v) is 10.3. The summed E-state index contributed by atoms with van der Waals surface area (Å²) in [6, 6.07) is 19.1. The first-order chi connectivity index (χ1) is 13.7. The summed E-state index contributed by atoms with van der Waals surface area (Å²) in [7, 11) is 0. The lowest BCUT2D eigenvalue weighted by Crippen LogP contribution is -2.35. The summed E-state index contributed by atoms with van der Waals surface area (Å²) in [5.74, 6) is 0.274. The highest BCUT2D eigenvalue weighted by Crippen LogP contribution is 2.16. The van der Waals surface area contributed by atoms with Crippen molar-refractivity contribution >= 4 is 16.8 Å². The Morgan fingerprint density at radius 1 is 0.929 bits per heavy atom. The van der Waals surface area contributed by atoms with Gasteiger partial charge in [0.2, 0.25) is 5.91 Å². The van der Waals surface area contributed by atoms with E-state index >= 15 is 0 Å². The van der Waals surface area contributed by atoms with Crippen molar-refractivity contribution in [3.8, 4) is 0 Å². The molecule has 0 saturated carbocycles. The average molecular weight is 376 g/mol. The largest absolute Gasteiger partial charge is 0.347 e. The molecule has 0 unspecified atom stereocenters. The molecule has 0 spiro atoms. The molecule has 2 heterocycles. The van der Waals surface area contributed by atoms with Gasteiger partial charge in [-0.3, -0.25) is 9.69 Å². The third-order valence-electron chi connectivity index (χ3n) is 5.84. The molecular formula is C24H29N3O. The van der Waals surface area contributed by atoms with Crippen LogP contribution in [0.3, 0.4) is 0 Å². The molecule has 1 aliphatic rings. The maximum Gasteiger partial charge on any atom is 0.224 e. The number of fused-ring (bicyclic) bond motifs is 1. The van der Waals surface area contributed by atoms with E-state index in [1.54, 1.807) is 0 Å². The van der Waals surface area contributed by atoms with E-state index in [2.05, 4.69) is 82.1 Å². The molecule has 0 radical (unpaired) electrons. The van der Waals surface area contributed by atoms with Gasteiger partial charge in [0.15, 0.2) is 0 Å². The zero-order chi connectivity index (χ0) is 19.3. The van der Waals surface area contributed by atoms with Gasteiger partial charge in [-0.05, 0) is 42.0 Å². The second-order valence-electron chi connectivity index (χ2n) is 7.75. The Morgan fingerprint density at radius 3 is 2.64 bits per heavy atom. The van der Waals surface area contributed by atoms with Crippen molar-refractivity contribution in [2.75, 3.05) is 26.2 Å². The van der Waals surface area contributed by atoms with Crippen molar-refractivity contribution in [3.05, 3.63) is 71.9 Å². The molecule has 28 heavy (non-hydrogen) atoms. The zero-order valence-corrected chi connectivity index (χ0v) is 16.7. The van der Waals surface area contributed by atoms with E-state index in [0.717, 1.165) is 45.7 Å². The van der Waals surface area contributed by atoms with Gasteiger partial charge in [0.05, 0.1) is 0 Å². The molecule has 0 bridgehead atoms. The number of benzene rings is 2. The van der Waals surface area contributed by atoms with Crippen LogP contribution < -0.4 is 0 Å². The standard InChI is InChI=1S/C24H29N3O/c1-20-7-2-3-9-22(20)19-25-13-6-14-27(18-17-25)24(28)12-16-26-15-11-21-8-4-5-10-23(21)26/h2-5,7-11,15H,6,12-14,16-19H2,1H3. The lowest BCUT2D eigenvalue weighted by Gasteiger charge is -2.23. The monoisotopic (exact) mass is 375 g/mol. The van der Waals surface area contributed by atoms with Gasteiger partial charge >= 0.3 is 0 Å². The van der Waals surface area contributed by atoms with Gasteiger partial charge in [0, 0.05) is 57.4 Å². The topological polar surface area (TPSA) is 28.5 Å². The van der Waals surface area contributed by atoms with Crippen LogP contribution in [-0.4, -0.2) is 46.5 Å². The number of hydrogen-bond acceptors (Lipinski definition) is 2. The van der Waals surface area contributed by atoms with Gasteiger partial charge in [0.1, 0.15) is 0 Å². The van der Waals surface area contributed by atoms with Gasteiger partial charge in [0.25, 0.3) is 0 Å². The maximum absolute atomic E-state index is 12.8. The van der Waals surface area contributed by atoms with Crippen LogP contribution in [0.5, 0.6) is 0 Å². The van der Waals surface area contributed by atoms with Crippen molar-refractivity contribution in [2.45, 2.75) is 32.9 Å². The Labute approximate surface area is 167 Å². The summed E-state index contributed by atoms with van der Waals surface area (Å²) in [6.45, 7) is 7.60. The number of carbonyl (C=O) groups excluding carboxylic acids is 1. The Kier molecular flexibility index (Phi) is 5.77. The summed E-state index contributed by atoms with van der Waals surface area (Å²) in [5, 5.41) is 1.23. The summed E-state index contributed by atoms with van der Waals surface area (Å²) >= 11 is 0. The number of aryl methyl sites for hydroxylation is 2. The summed E-state index contributed by atoms with van der Waals surface area (Å²) in [5.41, 5.74) is 3.94. The van der Waals surface area contributed by atoms with E-state index in [9.17, 15) is 4.79 Å². The zero-order valence-electron chi connectivity index (χ0n) is 16.7. The Bertz CT molecular complexity index is 946. The smallest absolute Gasteiger partial charge is 0.224 e. The Balaban J connectivity index is 1.31. The summed E-state index contributed by atoms with van der Waals surface area (Å²) in [4.78, 5) is 17.3. The molecule has 1 fully saturated rings. The Morgan fingerprint density at radius 2 is 1.75 bits per heavy atom. The van der Waals surface area contributed by atoms with Gasteiger partial charge in [-0.2, -0.15) is 0 Å². The van der Waals surface area contributed by atoms with Crippen LogP contribution in [0, 0.1) is 6.92 Å². The number of aromatic nitrogens is 1. The van der Waals surface area contributed by atoms with Gasteiger partial charge < -0.3 is 9.47 Å². The average Bonchev–Trinajstić information content (AvgIpc) is 2.98. The lowest BCUT2D eigenvalue weighted by molar-refractivity contribution is -0.131. The first-order valence-electron chi connectivity index (χ1n) is 10.3. The molecule has 3 aromatic rings. The molecule has 4 nitrogen and oxygen atoms in total. The molecule has 1 aromatic heterocycles. The van der Waals surface area contributed by atoms with Crippen molar-refractivity contribution in [1.82, 2.24) is 14.4 Å². The van der Waals surface area contributed by atoms with Crippen molar-refractivity contribution in [2.24, 2.45) is 0 Å². The van der Waals surface area contributed by atoms with Crippen LogP contribution in [0.2, 0.25) is 0 Å². The van der Waals surface area contributed by atoms with Crippen molar-refractivity contribution in [1.29, 1.82) is 0 Å². The number of rotatable bonds is 5. The minimum Gasteiger partial charge on any atom is -0.347 e. The summed E-state index contributed by atoms with van der Waals surface area (Å²) in [6.07, 6.45) is 3.70. The maximum atomic E-state index is 12.8. The van der Waals surface area contributed by atoms with E-state index in [1.165, 1.54) is 22.0 Å². The van der Waals surface area contributed by atoms with E-state index in [1.807, 2.05) is 0 Å². The third kappa shape index (κ3) is 4.28. The van der Waals surface area contributed by atoms with Crippen LogP contribution in [0.1, 0.15) is 24.0 Å². The SMILES string of the molecule is Cc1ccccc1CN1CCCN(C(=O)CCn2ccc3ccccc32)CC1. The molecule has 2 aromatic carbocycles. The second-order valence-corrected chi connectivity index (χ2v) is 7.75. The highest BCUT2D eigenvalue weighted by Gasteiger charge is 2.19. The molecular weight excluding hydrogens is 346 g/mol. The lowest BCUT2D eigenvalue weighted by atomic mass is 10.1. The minimum atomic E-state index is 0.274. The predicted octanol–water partition coefficient (Wildman–Crippen LogP) is 4.07. The molecule has 0 N–H and O–H groups in total. The van der Waals surface area contributed by atoms with Crippen LogP contribution >= 0.6 is 0 Å². The number of amides is 1. The molecule has 146 valence electrons. The molecule has 1 aliphatic heterocycles. The predicted molar refractivity (Wildman–Crippen MR) is 114 cm³/mol. The number of hydrogen-bond donors (Lipinski definition) is 0. The minimum absolute atomic E-state index is 0.274. The van der Waals surface area contributed by atoms with E-state index in [4.69, 9.17) is 0 Å². The molecule has 4 rings (SSSR count). The van der Waals surface area contributed by atoms with Crippen molar-refractivity contribution < 1.29 is 4.79 Å². The number of para-hydroxylation sites is 1. The fourth-order valence-corrected chi connectivity index (χ4v) is 4.12. The van der Waals surface area contributed by atoms with E-state index in [-0.39, 0.29) is 5.91 Å². The summed E-state index contributed by atoms with van der Waals surface area (Å²) < 4.78 is 2.19. The molecule has 0 atom stereocenters. The van der Waals surface area contributed by atoms with Gasteiger partial charge in [-0.25, -0.2) is 0 Å². The number of carbonyl (C=O) groups is 1. The van der Waals surface area contributed by atoms with Crippen LogP contribution in [0.15, 0.2) is 60.8 Å². The van der Waals surface area contributed by atoms with Crippen LogP contribution in [0.25, 0.3) is 10.9 Å². The molecule has 1 saturated heterocycles. The fraction of sp³-hybridized carbons (Fsp3) is 0.375. The van der Waals surface area contributed by atoms with E-state index in [0.29, 0.717) is 6.42 Å². The van der Waals surface area contributed by atoms with Crippen LogP contribution in [0.4, 0.5) is 0 Å². The third-order valence-corrected chi connectivity index (χ3v) is 5.84. The first kappa shape index (κ1) is 18.8. The quantitative estimate of drug-likeness (QED) is 0.672. The highest BCUT2D eigenvalue weighted by atomic mass is 16.2. The Hall–Kier alpha value is -2.59. The normalized spacial score (nSPS) is 15.7. The molecule has 4 heteroatoms. The number of nitrogens with zero attached hydrogens (tertiary/aromatic N) is 3. The van der Waals surface area contributed by atoms with Crippen molar-refractivity contribution in [3.63, 3.8) is 0 Å². The molecule has 1 amide bonds.